The van der Waals surface area contributed by atoms with Crippen LogP contribution < -0.4 is 5.48 Å². The molecule has 0 bridgehead atoms. The maximum absolute atomic E-state index is 11.0. The van der Waals surface area contributed by atoms with Gasteiger partial charge in [-0.2, -0.15) is 5.48 Å². The van der Waals surface area contributed by atoms with E-state index in [0.29, 0.717) is 19.4 Å². The fourth-order valence-corrected chi connectivity index (χ4v) is 0.970. The van der Waals surface area contributed by atoms with Crippen LogP contribution in [-0.4, -0.2) is 23.7 Å². The molecule has 0 fully saturated rings. The van der Waals surface area contributed by atoms with E-state index in [1.165, 1.54) is 0 Å². The third-order valence-corrected chi connectivity index (χ3v) is 1.83. The van der Waals surface area contributed by atoms with Gasteiger partial charge in [-0.15, -0.1) is 0 Å². The highest BCUT2D eigenvalue weighted by Crippen LogP contribution is 1.99. The summed E-state index contributed by atoms with van der Waals surface area (Å²) in [4.78, 5) is 15.8. The summed E-state index contributed by atoms with van der Waals surface area (Å²) in [7, 11) is 0. The van der Waals surface area contributed by atoms with E-state index >= 15 is 0 Å². The number of hydrogen-bond acceptors (Lipinski definition) is 4. The van der Waals surface area contributed by atoms with Crippen LogP contribution in [0.15, 0.2) is 0 Å². The van der Waals surface area contributed by atoms with E-state index in [4.69, 9.17) is 9.94 Å². The van der Waals surface area contributed by atoms with Crippen LogP contribution in [0, 0.1) is 0 Å². The Labute approximate surface area is 85.6 Å². The van der Waals surface area contributed by atoms with Crippen molar-refractivity contribution >= 4 is 5.97 Å². The summed E-state index contributed by atoms with van der Waals surface area (Å²) in [6.45, 7) is 4.29. The molecular formula is C10H21NO3. The van der Waals surface area contributed by atoms with Crippen LogP contribution in [0.3, 0.4) is 0 Å². The molecule has 0 amide bonds. The fraction of sp³-hybridized carbons (Fsp3) is 0.900. The van der Waals surface area contributed by atoms with E-state index in [9.17, 15) is 4.79 Å². The van der Waals surface area contributed by atoms with E-state index in [0.717, 1.165) is 19.3 Å². The van der Waals surface area contributed by atoms with Gasteiger partial charge in [0.05, 0.1) is 6.10 Å². The van der Waals surface area contributed by atoms with Crippen molar-refractivity contribution in [2.45, 2.75) is 52.1 Å². The Morgan fingerprint density at radius 3 is 2.79 bits per heavy atom. The van der Waals surface area contributed by atoms with Gasteiger partial charge in [0.15, 0.2) is 0 Å². The van der Waals surface area contributed by atoms with Crippen LogP contribution in [-0.2, 0) is 9.63 Å². The molecule has 0 rings (SSSR count). The summed E-state index contributed by atoms with van der Waals surface area (Å²) in [6.07, 6.45) is 3.73. The van der Waals surface area contributed by atoms with Crippen LogP contribution >= 0.6 is 0 Å². The molecule has 4 nitrogen and oxygen atoms in total. The second-order valence-corrected chi connectivity index (χ2v) is 3.46. The molecule has 0 aromatic carbocycles. The standard InChI is InChI=1S/C10H21NO3/c1-3-4-5-6-10(13)14-11-8-7-9(2)12/h9,11-12H,3-8H2,1-2H3. The summed E-state index contributed by atoms with van der Waals surface area (Å²) in [6, 6.07) is 0. The number of rotatable bonds is 8. The lowest BCUT2D eigenvalue weighted by Crippen LogP contribution is -2.23. The van der Waals surface area contributed by atoms with Gasteiger partial charge in [0.25, 0.3) is 0 Å². The Balaban J connectivity index is 3.18. The average Bonchev–Trinajstić information content (AvgIpc) is 2.13. The van der Waals surface area contributed by atoms with E-state index in [2.05, 4.69) is 12.4 Å². The fourth-order valence-electron chi connectivity index (χ4n) is 0.970. The van der Waals surface area contributed by atoms with Gasteiger partial charge in [-0.25, -0.2) is 0 Å². The maximum Gasteiger partial charge on any atom is 0.324 e. The smallest absolute Gasteiger partial charge is 0.324 e. The first kappa shape index (κ1) is 13.4. The maximum atomic E-state index is 11.0. The average molecular weight is 203 g/mol. The molecule has 0 aliphatic carbocycles. The Bertz CT molecular complexity index is 148. The van der Waals surface area contributed by atoms with Gasteiger partial charge in [0.2, 0.25) is 0 Å². The topological polar surface area (TPSA) is 58.6 Å². The minimum Gasteiger partial charge on any atom is -0.393 e. The van der Waals surface area contributed by atoms with E-state index < -0.39 is 0 Å². The van der Waals surface area contributed by atoms with Crippen LogP contribution in [0.1, 0.15) is 46.0 Å². The highest BCUT2D eigenvalue weighted by Gasteiger charge is 2.02. The number of carbonyl (C=O) groups excluding carboxylic acids is 1. The van der Waals surface area contributed by atoms with Crippen LogP contribution in [0.4, 0.5) is 0 Å². The predicted molar refractivity (Wildman–Crippen MR) is 54.5 cm³/mol. The summed E-state index contributed by atoms with van der Waals surface area (Å²) >= 11 is 0. The summed E-state index contributed by atoms with van der Waals surface area (Å²) in [5, 5.41) is 8.91. The summed E-state index contributed by atoms with van der Waals surface area (Å²) < 4.78 is 0. The molecule has 0 aliphatic rings. The molecule has 14 heavy (non-hydrogen) atoms. The molecule has 1 atom stereocenters. The highest BCUT2D eigenvalue weighted by atomic mass is 16.7. The molecule has 0 saturated carbocycles. The molecular weight excluding hydrogens is 182 g/mol. The third-order valence-electron chi connectivity index (χ3n) is 1.83. The van der Waals surface area contributed by atoms with Crippen molar-refractivity contribution in [2.75, 3.05) is 6.54 Å². The quantitative estimate of drug-likeness (QED) is 0.462. The van der Waals surface area contributed by atoms with Gasteiger partial charge >= 0.3 is 5.97 Å². The van der Waals surface area contributed by atoms with Crippen molar-refractivity contribution in [1.82, 2.24) is 5.48 Å². The first-order valence-corrected chi connectivity index (χ1v) is 5.27. The Morgan fingerprint density at radius 2 is 2.21 bits per heavy atom. The van der Waals surface area contributed by atoms with Crippen molar-refractivity contribution in [2.24, 2.45) is 0 Å². The van der Waals surface area contributed by atoms with Crippen LogP contribution in [0.2, 0.25) is 0 Å². The van der Waals surface area contributed by atoms with Gasteiger partial charge in [0.1, 0.15) is 0 Å². The van der Waals surface area contributed by atoms with Gasteiger partial charge in [-0.05, 0) is 19.8 Å². The lowest BCUT2D eigenvalue weighted by atomic mass is 10.2. The number of carbonyl (C=O) groups is 1. The van der Waals surface area contributed by atoms with Gasteiger partial charge in [-0.3, -0.25) is 4.79 Å². The lowest BCUT2D eigenvalue weighted by molar-refractivity contribution is -0.151. The van der Waals surface area contributed by atoms with Crippen molar-refractivity contribution in [3.8, 4) is 0 Å². The normalized spacial score (nSPS) is 12.5. The molecule has 0 spiro atoms. The molecule has 2 N–H and O–H groups in total. The van der Waals surface area contributed by atoms with E-state index in [-0.39, 0.29) is 12.1 Å². The molecule has 0 radical (unpaired) electrons. The summed E-state index contributed by atoms with van der Waals surface area (Å²) in [5.74, 6) is -0.218. The Kier molecular flexibility index (Phi) is 8.57. The predicted octanol–water partition coefficient (Wildman–Crippen LogP) is 1.39. The van der Waals surface area contributed by atoms with Crippen molar-refractivity contribution in [3.05, 3.63) is 0 Å². The van der Waals surface area contributed by atoms with Crippen LogP contribution in [0.5, 0.6) is 0 Å². The van der Waals surface area contributed by atoms with Crippen molar-refractivity contribution in [1.29, 1.82) is 0 Å². The van der Waals surface area contributed by atoms with Gasteiger partial charge in [-0.1, -0.05) is 19.8 Å². The number of hydroxylamine groups is 1. The molecule has 84 valence electrons. The second-order valence-electron chi connectivity index (χ2n) is 3.46. The molecule has 4 heteroatoms. The van der Waals surface area contributed by atoms with Gasteiger partial charge in [0, 0.05) is 13.0 Å². The lowest BCUT2D eigenvalue weighted by Gasteiger charge is -2.06. The van der Waals surface area contributed by atoms with Crippen molar-refractivity contribution < 1.29 is 14.7 Å². The Hall–Kier alpha value is -0.610. The third kappa shape index (κ3) is 9.48. The number of nitrogens with one attached hydrogen (secondary N) is 1. The highest BCUT2D eigenvalue weighted by molar-refractivity contribution is 5.68. The molecule has 0 aliphatic heterocycles. The van der Waals surface area contributed by atoms with Gasteiger partial charge < -0.3 is 9.94 Å². The van der Waals surface area contributed by atoms with Crippen LogP contribution in [0.25, 0.3) is 0 Å². The minimum atomic E-state index is -0.360. The molecule has 0 saturated heterocycles. The molecule has 1 unspecified atom stereocenters. The van der Waals surface area contributed by atoms with E-state index in [1.807, 2.05) is 0 Å². The summed E-state index contributed by atoms with van der Waals surface area (Å²) in [5.41, 5.74) is 2.53. The molecule has 0 heterocycles. The molecule has 0 aromatic heterocycles. The first-order chi connectivity index (χ1) is 6.66. The number of aliphatic hydroxyl groups is 1. The number of aliphatic hydroxyl groups excluding tert-OH is 1. The SMILES string of the molecule is CCCCCC(=O)ONCCC(C)O. The minimum absolute atomic E-state index is 0.218. The number of hydrogen-bond donors (Lipinski definition) is 2. The zero-order valence-electron chi connectivity index (χ0n) is 9.08. The monoisotopic (exact) mass is 203 g/mol. The van der Waals surface area contributed by atoms with E-state index in [1.54, 1.807) is 6.92 Å². The number of unbranched alkanes of at least 4 members (excludes halogenated alkanes) is 2. The largest absolute Gasteiger partial charge is 0.393 e. The zero-order chi connectivity index (χ0) is 10.8. The first-order valence-electron chi connectivity index (χ1n) is 5.27. The Morgan fingerprint density at radius 1 is 1.50 bits per heavy atom. The zero-order valence-corrected chi connectivity index (χ0v) is 9.08. The second kappa shape index (κ2) is 8.97. The van der Waals surface area contributed by atoms with Crippen molar-refractivity contribution in [3.63, 3.8) is 0 Å². The molecule has 0 aromatic rings.